The van der Waals surface area contributed by atoms with Gasteiger partial charge in [-0.2, -0.15) is 13.2 Å². The largest absolute Gasteiger partial charge is 0.419 e. The second kappa shape index (κ2) is 8.31. The minimum atomic E-state index is -5.01. The van der Waals surface area contributed by atoms with Gasteiger partial charge in [-0.3, -0.25) is 0 Å². The van der Waals surface area contributed by atoms with Crippen molar-refractivity contribution >= 4 is 44.6 Å². The fraction of sp³-hybridized carbons (Fsp3) is 0.0714. The Bertz CT molecular complexity index is 1660. The molecule has 0 amide bonds. The van der Waals surface area contributed by atoms with Crippen LogP contribution in [0.25, 0.3) is 21.5 Å². The molecule has 0 aliphatic heterocycles. The summed E-state index contributed by atoms with van der Waals surface area (Å²) < 4.78 is 87.1. The summed E-state index contributed by atoms with van der Waals surface area (Å²) >= 11 is 0. The van der Waals surface area contributed by atoms with E-state index in [1.165, 1.54) is 25.1 Å². The van der Waals surface area contributed by atoms with Gasteiger partial charge in [0.1, 0.15) is 11.6 Å². The van der Waals surface area contributed by atoms with Gasteiger partial charge >= 0.3 is 6.18 Å². The van der Waals surface area contributed by atoms with Gasteiger partial charge in [-0.1, -0.05) is 66.7 Å². The summed E-state index contributed by atoms with van der Waals surface area (Å²) in [5.74, 6) is -2.51. The van der Waals surface area contributed by atoms with Gasteiger partial charge in [0.2, 0.25) is 0 Å². The lowest BCUT2D eigenvalue weighted by molar-refractivity contribution is -0.139. The van der Waals surface area contributed by atoms with Gasteiger partial charge in [0.25, 0.3) is 0 Å². The van der Waals surface area contributed by atoms with Gasteiger partial charge in [-0.05, 0) is 58.3 Å². The zero-order valence-electron chi connectivity index (χ0n) is 18.4. The Kier molecular flexibility index (Phi) is 5.52. The molecule has 0 aromatic heterocycles. The molecule has 1 unspecified atom stereocenters. The van der Waals surface area contributed by atoms with Crippen molar-refractivity contribution in [1.82, 2.24) is 0 Å². The molecule has 0 saturated carbocycles. The zero-order valence-corrected chi connectivity index (χ0v) is 19.3. The number of benzene rings is 5. The van der Waals surface area contributed by atoms with Crippen molar-refractivity contribution in [2.75, 3.05) is 0 Å². The first-order valence-corrected chi connectivity index (χ1v) is 12.5. The second-order valence-electron chi connectivity index (χ2n) is 8.32. The molecule has 1 atom stereocenters. The Hall–Kier alpha value is -3.50. The summed E-state index contributed by atoms with van der Waals surface area (Å²) in [7, 11) is -4.47. The minimum Gasteiger partial charge on any atom is -0.308 e. The monoisotopic (exact) mass is 496 g/mol. The molecular weight excluding hydrogens is 478 g/mol. The lowest BCUT2D eigenvalue weighted by Gasteiger charge is -2.25. The summed E-state index contributed by atoms with van der Waals surface area (Å²) in [6.45, 7) is 1.46. The third-order valence-corrected chi connectivity index (χ3v) is 9.32. The number of alkyl halides is 3. The standard InChI is InChI=1S/C28H18F5OP/c1-17-8-6-14-23(26(17)29)35(34,24-15-7-13-22(27(24)30)28(31,32)33)25-16-18-9-2-3-10-19(18)20-11-4-5-12-21(20)25/h2-16H,1H3. The normalized spacial score (nSPS) is 13.8. The molecule has 5 rings (SSSR count). The van der Waals surface area contributed by atoms with Crippen molar-refractivity contribution in [1.29, 1.82) is 0 Å². The fourth-order valence-corrected chi connectivity index (χ4v) is 7.62. The van der Waals surface area contributed by atoms with Crippen LogP contribution in [0.15, 0.2) is 91.0 Å². The molecule has 0 aliphatic rings. The van der Waals surface area contributed by atoms with E-state index in [0.717, 1.165) is 17.5 Å². The van der Waals surface area contributed by atoms with Gasteiger partial charge in [0, 0.05) is 5.30 Å². The maximum Gasteiger partial charge on any atom is 0.419 e. The molecule has 176 valence electrons. The Labute approximate surface area is 198 Å². The second-order valence-corrected chi connectivity index (χ2v) is 11.0. The molecule has 0 aliphatic carbocycles. The molecule has 0 bridgehead atoms. The van der Waals surface area contributed by atoms with Gasteiger partial charge in [-0.15, -0.1) is 0 Å². The molecule has 0 heterocycles. The molecule has 0 spiro atoms. The third kappa shape index (κ3) is 3.64. The highest BCUT2D eigenvalue weighted by atomic mass is 31.2. The SMILES string of the molecule is Cc1cccc(P(=O)(c2cccc(C(F)(F)F)c2F)c2cc3ccccc3c3ccccc23)c1F. The number of rotatable bonds is 3. The average Bonchev–Trinajstić information content (AvgIpc) is 2.84. The number of hydrogen-bond donors (Lipinski definition) is 0. The van der Waals surface area contributed by atoms with Crippen molar-refractivity contribution in [2.24, 2.45) is 0 Å². The van der Waals surface area contributed by atoms with Crippen molar-refractivity contribution in [2.45, 2.75) is 13.1 Å². The third-order valence-electron chi connectivity index (χ3n) is 6.22. The van der Waals surface area contributed by atoms with Crippen LogP contribution in [-0.4, -0.2) is 0 Å². The smallest absolute Gasteiger partial charge is 0.308 e. The molecule has 35 heavy (non-hydrogen) atoms. The maximum atomic E-state index is 15.6. The van der Waals surface area contributed by atoms with E-state index in [0.29, 0.717) is 22.2 Å². The first-order valence-electron chi connectivity index (χ1n) is 10.8. The predicted octanol–water partition coefficient (Wildman–Crippen LogP) is 7.24. The number of aryl methyl sites for hydroxylation is 1. The lowest BCUT2D eigenvalue weighted by atomic mass is 10.0. The molecule has 5 aromatic rings. The van der Waals surface area contributed by atoms with Crippen LogP contribution in [0.2, 0.25) is 0 Å². The Morgan fingerprint density at radius 1 is 0.629 bits per heavy atom. The topological polar surface area (TPSA) is 17.1 Å². The van der Waals surface area contributed by atoms with Crippen LogP contribution in [0, 0.1) is 18.6 Å². The molecule has 7 heteroatoms. The van der Waals surface area contributed by atoms with Crippen LogP contribution < -0.4 is 15.9 Å². The molecule has 0 fully saturated rings. The fourth-order valence-electron chi connectivity index (χ4n) is 4.54. The van der Waals surface area contributed by atoms with Crippen molar-refractivity contribution in [3.8, 4) is 0 Å². The Balaban J connectivity index is 2.00. The van der Waals surface area contributed by atoms with Crippen LogP contribution in [0.4, 0.5) is 22.0 Å². The number of hydrogen-bond acceptors (Lipinski definition) is 1. The van der Waals surface area contributed by atoms with Crippen LogP contribution in [0.5, 0.6) is 0 Å². The lowest BCUT2D eigenvalue weighted by Crippen LogP contribution is -2.31. The summed E-state index contributed by atoms with van der Waals surface area (Å²) in [5.41, 5.74) is -1.39. The summed E-state index contributed by atoms with van der Waals surface area (Å²) in [4.78, 5) is 0. The average molecular weight is 496 g/mol. The highest BCUT2D eigenvalue weighted by molar-refractivity contribution is 7.85. The molecule has 1 nitrogen and oxygen atoms in total. The van der Waals surface area contributed by atoms with Gasteiger partial charge < -0.3 is 4.57 Å². The van der Waals surface area contributed by atoms with E-state index < -0.39 is 35.8 Å². The van der Waals surface area contributed by atoms with E-state index in [4.69, 9.17) is 0 Å². The molecular formula is C28H18F5OP. The zero-order chi connectivity index (χ0) is 25.0. The van der Waals surface area contributed by atoms with Crippen molar-refractivity contribution in [3.05, 3.63) is 114 Å². The molecule has 0 N–H and O–H groups in total. The highest BCUT2D eigenvalue weighted by Crippen LogP contribution is 2.48. The van der Waals surface area contributed by atoms with E-state index in [9.17, 15) is 13.2 Å². The van der Waals surface area contributed by atoms with E-state index in [-0.39, 0.29) is 16.2 Å². The summed E-state index contributed by atoms with van der Waals surface area (Å²) in [6, 6.07) is 22.6. The number of halogens is 5. The first-order chi connectivity index (χ1) is 16.6. The van der Waals surface area contributed by atoms with Crippen LogP contribution in [-0.2, 0) is 10.7 Å². The van der Waals surface area contributed by atoms with Gasteiger partial charge in [0.15, 0.2) is 7.14 Å². The van der Waals surface area contributed by atoms with Crippen LogP contribution in [0.3, 0.4) is 0 Å². The number of fused-ring (bicyclic) bond motifs is 3. The van der Waals surface area contributed by atoms with Crippen molar-refractivity contribution < 1.29 is 26.5 Å². The van der Waals surface area contributed by atoms with Gasteiger partial charge in [0.05, 0.1) is 16.2 Å². The summed E-state index contributed by atoms with van der Waals surface area (Å²) in [6.07, 6.45) is -5.01. The van der Waals surface area contributed by atoms with Crippen molar-refractivity contribution in [3.63, 3.8) is 0 Å². The van der Waals surface area contributed by atoms with Gasteiger partial charge in [-0.25, -0.2) is 8.78 Å². The van der Waals surface area contributed by atoms with E-state index in [2.05, 4.69) is 0 Å². The Morgan fingerprint density at radius 3 is 1.89 bits per heavy atom. The van der Waals surface area contributed by atoms with E-state index in [1.54, 1.807) is 42.5 Å². The molecule has 0 saturated heterocycles. The first kappa shape index (κ1) is 23.3. The van der Waals surface area contributed by atoms with E-state index in [1.807, 2.05) is 12.1 Å². The minimum absolute atomic E-state index is 0.0783. The predicted molar refractivity (Wildman–Crippen MR) is 131 cm³/mol. The van der Waals surface area contributed by atoms with E-state index >= 15 is 13.3 Å². The molecule has 5 aromatic carbocycles. The Morgan fingerprint density at radius 2 is 1.20 bits per heavy atom. The van der Waals surface area contributed by atoms with Crippen LogP contribution >= 0.6 is 7.14 Å². The maximum absolute atomic E-state index is 15.6. The molecule has 0 radical (unpaired) electrons. The highest BCUT2D eigenvalue weighted by Gasteiger charge is 2.41. The summed E-state index contributed by atoms with van der Waals surface area (Å²) in [5, 5.41) is 1.67. The van der Waals surface area contributed by atoms with Crippen LogP contribution in [0.1, 0.15) is 11.1 Å². The quantitative estimate of drug-likeness (QED) is 0.146.